The van der Waals surface area contributed by atoms with Crippen molar-refractivity contribution in [3.8, 4) is 0 Å². The standard InChI is InChI=1S/C10H4Cl2O4.C9H3Cl3O2/c11-5-1-4-7(13)3-9(10(14)15)16-8(4)2-6(5)12;10-5-3-9(13)14-8-2-7(12)6(11)1-4(5)8/h1-3H,(H,14,15);1-3H. The van der Waals surface area contributed by atoms with Gasteiger partial charge in [0, 0.05) is 29.7 Å². The lowest BCUT2D eigenvalue weighted by molar-refractivity contribution is 0.0663. The Hall–Kier alpha value is -2.22. The fourth-order valence-electron chi connectivity index (χ4n) is 2.37. The molecule has 2 aromatic carbocycles. The predicted octanol–water partition coefficient (Wildman–Crippen LogP) is 6.55. The average molecular weight is 509 g/mol. The summed E-state index contributed by atoms with van der Waals surface area (Å²) in [5.41, 5.74) is -0.561. The normalized spacial score (nSPS) is 10.7. The lowest BCUT2D eigenvalue weighted by Crippen LogP contribution is -2.06. The summed E-state index contributed by atoms with van der Waals surface area (Å²) in [5, 5.41) is 10.9. The molecule has 6 nitrogen and oxygen atoms in total. The van der Waals surface area contributed by atoms with Crippen LogP contribution in [0.5, 0.6) is 0 Å². The Morgan fingerprint density at radius 2 is 1.17 bits per heavy atom. The minimum Gasteiger partial charge on any atom is -0.475 e. The first-order chi connectivity index (χ1) is 14.1. The Morgan fingerprint density at radius 1 is 0.667 bits per heavy atom. The van der Waals surface area contributed by atoms with Crippen LogP contribution in [0.2, 0.25) is 25.1 Å². The van der Waals surface area contributed by atoms with E-state index in [1.807, 2.05) is 0 Å². The fourth-order valence-corrected chi connectivity index (χ4v) is 3.25. The second kappa shape index (κ2) is 8.88. The molecule has 0 fully saturated rings. The molecule has 154 valence electrons. The molecular formula is C19H7Cl5O6. The molecule has 0 amide bonds. The van der Waals surface area contributed by atoms with Crippen LogP contribution in [0.25, 0.3) is 21.9 Å². The maximum atomic E-state index is 11.5. The summed E-state index contributed by atoms with van der Waals surface area (Å²) in [5.74, 6) is -1.75. The quantitative estimate of drug-likeness (QED) is 0.293. The molecule has 0 aliphatic carbocycles. The van der Waals surface area contributed by atoms with Gasteiger partial charge in [0.05, 0.1) is 30.5 Å². The number of aromatic carboxylic acids is 1. The number of carboxylic acid groups (broad SMARTS) is 1. The summed E-state index contributed by atoms with van der Waals surface area (Å²) < 4.78 is 9.89. The third-order valence-corrected chi connectivity index (χ3v) is 5.47. The number of rotatable bonds is 1. The predicted molar refractivity (Wildman–Crippen MR) is 117 cm³/mol. The minimum atomic E-state index is -1.31. The van der Waals surface area contributed by atoms with Crippen LogP contribution >= 0.6 is 58.0 Å². The van der Waals surface area contributed by atoms with Gasteiger partial charge >= 0.3 is 11.6 Å². The van der Waals surface area contributed by atoms with E-state index in [1.54, 1.807) is 6.07 Å². The fraction of sp³-hybridized carbons (Fsp3) is 0. The first-order valence-corrected chi connectivity index (χ1v) is 9.70. The lowest BCUT2D eigenvalue weighted by Gasteiger charge is -2.01. The van der Waals surface area contributed by atoms with Gasteiger partial charge in [-0.1, -0.05) is 58.0 Å². The van der Waals surface area contributed by atoms with Gasteiger partial charge in [-0.2, -0.15) is 0 Å². The van der Waals surface area contributed by atoms with Crippen molar-refractivity contribution >= 4 is 85.9 Å². The van der Waals surface area contributed by atoms with Crippen LogP contribution in [0.4, 0.5) is 0 Å². The first-order valence-electron chi connectivity index (χ1n) is 7.81. The minimum absolute atomic E-state index is 0.0966. The van der Waals surface area contributed by atoms with Crippen molar-refractivity contribution in [2.75, 3.05) is 0 Å². The Balaban J connectivity index is 0.000000172. The zero-order valence-corrected chi connectivity index (χ0v) is 18.1. The smallest absolute Gasteiger partial charge is 0.371 e. The Morgan fingerprint density at radius 3 is 1.73 bits per heavy atom. The van der Waals surface area contributed by atoms with E-state index in [-0.39, 0.29) is 21.0 Å². The molecule has 2 aromatic heterocycles. The second-order valence-electron chi connectivity index (χ2n) is 5.72. The number of hydrogen-bond acceptors (Lipinski definition) is 5. The Labute approximate surface area is 192 Å². The molecule has 0 saturated carbocycles. The third kappa shape index (κ3) is 4.74. The molecule has 2 heterocycles. The van der Waals surface area contributed by atoms with Crippen LogP contribution in [-0.4, -0.2) is 11.1 Å². The van der Waals surface area contributed by atoms with E-state index in [4.69, 9.17) is 71.9 Å². The van der Waals surface area contributed by atoms with Crippen molar-refractivity contribution in [2.45, 2.75) is 0 Å². The number of fused-ring (bicyclic) bond motifs is 2. The molecule has 4 aromatic rings. The van der Waals surface area contributed by atoms with E-state index in [0.29, 0.717) is 26.0 Å². The highest BCUT2D eigenvalue weighted by atomic mass is 35.5. The van der Waals surface area contributed by atoms with Crippen molar-refractivity contribution in [2.24, 2.45) is 0 Å². The van der Waals surface area contributed by atoms with Gasteiger partial charge in [-0.3, -0.25) is 4.79 Å². The van der Waals surface area contributed by atoms with Gasteiger partial charge < -0.3 is 13.9 Å². The van der Waals surface area contributed by atoms with Gasteiger partial charge in [0.2, 0.25) is 5.76 Å². The van der Waals surface area contributed by atoms with E-state index in [0.717, 1.165) is 6.07 Å². The first kappa shape index (κ1) is 22.5. The lowest BCUT2D eigenvalue weighted by atomic mass is 10.2. The molecular weight excluding hydrogens is 501 g/mol. The van der Waals surface area contributed by atoms with Crippen molar-refractivity contribution in [3.63, 3.8) is 0 Å². The van der Waals surface area contributed by atoms with Gasteiger partial charge in [-0.15, -0.1) is 0 Å². The number of carboxylic acids is 1. The zero-order chi connectivity index (χ0) is 22.2. The molecule has 30 heavy (non-hydrogen) atoms. The molecule has 0 bridgehead atoms. The average Bonchev–Trinajstić information content (AvgIpc) is 2.65. The third-order valence-electron chi connectivity index (χ3n) is 3.72. The van der Waals surface area contributed by atoms with Crippen LogP contribution in [-0.2, 0) is 0 Å². The van der Waals surface area contributed by atoms with Crippen molar-refractivity contribution in [3.05, 3.63) is 87.9 Å². The highest BCUT2D eigenvalue weighted by molar-refractivity contribution is 6.44. The van der Waals surface area contributed by atoms with Crippen LogP contribution in [0, 0.1) is 0 Å². The van der Waals surface area contributed by atoms with Crippen molar-refractivity contribution < 1.29 is 18.7 Å². The number of carbonyl (C=O) groups is 1. The molecule has 0 aliphatic heterocycles. The maximum absolute atomic E-state index is 11.5. The van der Waals surface area contributed by atoms with E-state index < -0.39 is 22.8 Å². The number of hydrogen-bond donors (Lipinski definition) is 1. The molecule has 0 atom stereocenters. The van der Waals surface area contributed by atoms with Crippen molar-refractivity contribution in [1.29, 1.82) is 0 Å². The Bertz CT molecular complexity index is 1420. The van der Waals surface area contributed by atoms with Gasteiger partial charge in [0.25, 0.3) is 0 Å². The van der Waals surface area contributed by atoms with Crippen LogP contribution in [0.1, 0.15) is 10.6 Å². The van der Waals surface area contributed by atoms with Crippen LogP contribution in [0.15, 0.2) is 54.8 Å². The SMILES string of the molecule is O=C(O)c1cc(=O)c2cc(Cl)c(Cl)cc2o1.O=c1cc(Cl)c2cc(Cl)c(Cl)cc2o1. The highest BCUT2D eigenvalue weighted by Gasteiger charge is 2.12. The van der Waals surface area contributed by atoms with E-state index >= 15 is 0 Å². The number of halogens is 5. The van der Waals surface area contributed by atoms with Crippen LogP contribution < -0.4 is 11.1 Å². The van der Waals surface area contributed by atoms with E-state index in [9.17, 15) is 14.4 Å². The largest absolute Gasteiger partial charge is 0.475 e. The summed E-state index contributed by atoms with van der Waals surface area (Å²) in [6.07, 6.45) is 0. The van der Waals surface area contributed by atoms with Crippen molar-refractivity contribution in [1.82, 2.24) is 0 Å². The van der Waals surface area contributed by atoms with E-state index in [1.165, 1.54) is 24.3 Å². The molecule has 1 N–H and O–H groups in total. The van der Waals surface area contributed by atoms with Crippen LogP contribution in [0.3, 0.4) is 0 Å². The summed E-state index contributed by atoms with van der Waals surface area (Å²) in [6, 6.07) is 7.77. The summed E-state index contributed by atoms with van der Waals surface area (Å²) in [7, 11) is 0. The Kier molecular flexibility index (Phi) is 6.65. The molecule has 11 heteroatoms. The van der Waals surface area contributed by atoms with Gasteiger partial charge in [-0.25, -0.2) is 9.59 Å². The van der Waals surface area contributed by atoms with Gasteiger partial charge in [-0.05, 0) is 12.1 Å². The summed E-state index contributed by atoms with van der Waals surface area (Å²) >= 11 is 28.8. The topological polar surface area (TPSA) is 97.7 Å². The molecule has 0 radical (unpaired) electrons. The summed E-state index contributed by atoms with van der Waals surface area (Å²) in [6.45, 7) is 0. The monoisotopic (exact) mass is 506 g/mol. The van der Waals surface area contributed by atoms with E-state index in [2.05, 4.69) is 0 Å². The molecule has 0 spiro atoms. The maximum Gasteiger partial charge on any atom is 0.371 e. The van der Waals surface area contributed by atoms with Gasteiger partial charge in [0.15, 0.2) is 5.43 Å². The molecule has 0 unspecified atom stereocenters. The highest BCUT2D eigenvalue weighted by Crippen LogP contribution is 2.30. The molecule has 0 saturated heterocycles. The number of benzene rings is 2. The zero-order valence-electron chi connectivity index (χ0n) is 14.3. The second-order valence-corrected chi connectivity index (χ2v) is 7.75. The molecule has 4 rings (SSSR count). The van der Waals surface area contributed by atoms with Gasteiger partial charge in [0.1, 0.15) is 11.2 Å². The molecule has 0 aliphatic rings. The summed E-state index contributed by atoms with van der Waals surface area (Å²) in [4.78, 5) is 33.2.